The van der Waals surface area contributed by atoms with Crippen LogP contribution in [-0.4, -0.2) is 15.6 Å². The van der Waals surface area contributed by atoms with Gasteiger partial charge in [0, 0.05) is 12.6 Å². The van der Waals surface area contributed by atoms with Crippen molar-refractivity contribution in [3.05, 3.63) is 64.6 Å². The number of rotatable bonds is 4. The molecule has 0 spiro atoms. The predicted octanol–water partition coefficient (Wildman–Crippen LogP) is 3.51. The van der Waals surface area contributed by atoms with E-state index in [1.54, 1.807) is 12.4 Å². The van der Waals surface area contributed by atoms with E-state index in [0.29, 0.717) is 17.4 Å². The molecule has 0 saturated carbocycles. The molecule has 1 unspecified atom stereocenters. The molecule has 21 heavy (non-hydrogen) atoms. The van der Waals surface area contributed by atoms with Gasteiger partial charge in [0.05, 0.1) is 21.8 Å². The number of halogens is 2. The Morgan fingerprint density at radius 3 is 2.86 bits per heavy atom. The first-order valence-electron chi connectivity index (χ1n) is 6.73. The van der Waals surface area contributed by atoms with Crippen LogP contribution in [0.3, 0.4) is 0 Å². The fourth-order valence-electron chi connectivity index (χ4n) is 2.46. The van der Waals surface area contributed by atoms with Crippen molar-refractivity contribution in [1.29, 1.82) is 0 Å². The molecule has 1 aromatic heterocycles. The van der Waals surface area contributed by atoms with Gasteiger partial charge in [0.15, 0.2) is 0 Å². The molecule has 1 heterocycles. The molecule has 108 valence electrons. The van der Waals surface area contributed by atoms with Crippen molar-refractivity contribution in [3.8, 4) is 0 Å². The zero-order chi connectivity index (χ0) is 14.8. The average Bonchev–Trinajstić information content (AvgIpc) is 2.87. The minimum Gasteiger partial charge on any atom is -0.329 e. The standard InChI is InChI=1S/C16H15BrFN3/c17-16-11(4-3-5-13(16)18)8-12(19)9-21-10-20-14-6-1-2-7-15(14)21/h1-7,10,12H,8-9,19H2. The van der Waals surface area contributed by atoms with Crippen LogP contribution in [-0.2, 0) is 13.0 Å². The lowest BCUT2D eigenvalue weighted by atomic mass is 10.1. The van der Waals surface area contributed by atoms with Gasteiger partial charge < -0.3 is 10.3 Å². The topological polar surface area (TPSA) is 43.8 Å². The van der Waals surface area contributed by atoms with Crippen LogP contribution in [0.5, 0.6) is 0 Å². The zero-order valence-corrected chi connectivity index (χ0v) is 12.9. The minimum absolute atomic E-state index is 0.110. The lowest BCUT2D eigenvalue weighted by Crippen LogP contribution is -2.28. The van der Waals surface area contributed by atoms with E-state index in [-0.39, 0.29) is 11.9 Å². The molecule has 2 N–H and O–H groups in total. The SMILES string of the molecule is NC(Cc1cccc(F)c1Br)Cn1cnc2ccccc21. The zero-order valence-electron chi connectivity index (χ0n) is 11.3. The molecular formula is C16H15BrFN3. The first-order valence-corrected chi connectivity index (χ1v) is 7.53. The maximum absolute atomic E-state index is 13.5. The van der Waals surface area contributed by atoms with Gasteiger partial charge in [0.25, 0.3) is 0 Å². The number of imidazole rings is 1. The second-order valence-electron chi connectivity index (χ2n) is 5.06. The van der Waals surface area contributed by atoms with E-state index in [9.17, 15) is 4.39 Å². The molecule has 0 fully saturated rings. The molecule has 3 nitrogen and oxygen atoms in total. The molecule has 0 amide bonds. The Hall–Kier alpha value is -1.72. The Bertz CT molecular complexity index is 769. The fourth-order valence-corrected chi connectivity index (χ4v) is 2.89. The molecule has 3 rings (SSSR count). The molecule has 1 atom stereocenters. The Kier molecular flexibility index (Phi) is 4.03. The van der Waals surface area contributed by atoms with Gasteiger partial charge in [-0.25, -0.2) is 9.37 Å². The van der Waals surface area contributed by atoms with E-state index in [2.05, 4.69) is 20.9 Å². The first-order chi connectivity index (χ1) is 10.1. The van der Waals surface area contributed by atoms with Crippen molar-refractivity contribution in [1.82, 2.24) is 9.55 Å². The second-order valence-corrected chi connectivity index (χ2v) is 5.86. The Morgan fingerprint density at radius 2 is 2.00 bits per heavy atom. The van der Waals surface area contributed by atoms with Crippen molar-refractivity contribution in [2.75, 3.05) is 0 Å². The van der Waals surface area contributed by atoms with Crippen LogP contribution < -0.4 is 5.73 Å². The minimum atomic E-state index is -0.257. The van der Waals surface area contributed by atoms with Gasteiger partial charge in [-0.15, -0.1) is 0 Å². The van der Waals surface area contributed by atoms with Crippen LogP contribution in [0.25, 0.3) is 11.0 Å². The van der Waals surface area contributed by atoms with Gasteiger partial charge in [-0.1, -0.05) is 24.3 Å². The van der Waals surface area contributed by atoms with E-state index in [1.807, 2.05) is 34.9 Å². The van der Waals surface area contributed by atoms with Crippen molar-refractivity contribution < 1.29 is 4.39 Å². The Labute approximate surface area is 130 Å². The van der Waals surface area contributed by atoms with Crippen LogP contribution in [0, 0.1) is 5.82 Å². The van der Waals surface area contributed by atoms with Gasteiger partial charge in [-0.2, -0.15) is 0 Å². The Balaban J connectivity index is 1.77. The van der Waals surface area contributed by atoms with E-state index in [1.165, 1.54) is 6.07 Å². The average molecular weight is 348 g/mol. The number of aromatic nitrogens is 2. The summed E-state index contributed by atoms with van der Waals surface area (Å²) < 4.78 is 16.0. The van der Waals surface area contributed by atoms with E-state index in [4.69, 9.17) is 5.73 Å². The molecule has 2 aromatic carbocycles. The summed E-state index contributed by atoms with van der Waals surface area (Å²) in [5.74, 6) is -0.257. The Morgan fingerprint density at radius 1 is 1.19 bits per heavy atom. The summed E-state index contributed by atoms with van der Waals surface area (Å²) >= 11 is 3.28. The fraction of sp³-hybridized carbons (Fsp3) is 0.188. The summed E-state index contributed by atoms with van der Waals surface area (Å²) in [5, 5.41) is 0. The molecule has 0 aliphatic rings. The third-order valence-corrected chi connectivity index (χ3v) is 4.36. The second kappa shape index (κ2) is 5.95. The maximum atomic E-state index is 13.5. The number of fused-ring (bicyclic) bond motifs is 1. The summed E-state index contributed by atoms with van der Waals surface area (Å²) in [4.78, 5) is 4.35. The third-order valence-electron chi connectivity index (χ3n) is 3.47. The van der Waals surface area contributed by atoms with Crippen LogP contribution in [0.4, 0.5) is 4.39 Å². The van der Waals surface area contributed by atoms with Crippen molar-refractivity contribution >= 4 is 27.0 Å². The number of para-hydroxylation sites is 2. The number of nitrogens with zero attached hydrogens (tertiary/aromatic N) is 2. The van der Waals surface area contributed by atoms with Crippen molar-refractivity contribution in [2.45, 2.75) is 19.0 Å². The lowest BCUT2D eigenvalue weighted by Gasteiger charge is -2.14. The number of benzene rings is 2. The summed E-state index contributed by atoms with van der Waals surface area (Å²) in [6.07, 6.45) is 2.40. The highest BCUT2D eigenvalue weighted by Crippen LogP contribution is 2.22. The van der Waals surface area contributed by atoms with Crippen molar-refractivity contribution in [3.63, 3.8) is 0 Å². The van der Waals surface area contributed by atoms with Crippen molar-refractivity contribution in [2.24, 2.45) is 5.73 Å². The monoisotopic (exact) mass is 347 g/mol. The molecule has 5 heteroatoms. The summed E-state index contributed by atoms with van der Waals surface area (Å²) in [7, 11) is 0. The molecule has 3 aromatic rings. The highest BCUT2D eigenvalue weighted by atomic mass is 79.9. The molecule has 0 saturated heterocycles. The normalized spacial score (nSPS) is 12.7. The predicted molar refractivity (Wildman–Crippen MR) is 85.5 cm³/mol. The van der Waals surface area contributed by atoms with E-state index in [0.717, 1.165) is 16.6 Å². The highest BCUT2D eigenvalue weighted by molar-refractivity contribution is 9.10. The highest BCUT2D eigenvalue weighted by Gasteiger charge is 2.11. The van der Waals surface area contributed by atoms with E-state index >= 15 is 0 Å². The first kappa shape index (κ1) is 14.2. The maximum Gasteiger partial charge on any atom is 0.137 e. The molecule has 0 aliphatic carbocycles. The summed E-state index contributed by atoms with van der Waals surface area (Å²) in [6, 6.07) is 12.9. The van der Waals surface area contributed by atoms with Gasteiger partial charge in [-0.05, 0) is 46.1 Å². The molecule has 0 radical (unpaired) electrons. The smallest absolute Gasteiger partial charge is 0.137 e. The number of nitrogens with two attached hydrogens (primary N) is 1. The summed E-state index contributed by atoms with van der Waals surface area (Å²) in [5.41, 5.74) is 9.11. The molecule has 0 bridgehead atoms. The van der Waals surface area contributed by atoms with Crippen LogP contribution >= 0.6 is 15.9 Å². The largest absolute Gasteiger partial charge is 0.329 e. The van der Waals surface area contributed by atoms with Gasteiger partial charge in [-0.3, -0.25) is 0 Å². The lowest BCUT2D eigenvalue weighted by molar-refractivity contribution is 0.554. The van der Waals surface area contributed by atoms with Gasteiger partial charge >= 0.3 is 0 Å². The summed E-state index contributed by atoms with van der Waals surface area (Å²) in [6.45, 7) is 0.642. The third kappa shape index (κ3) is 2.99. The van der Waals surface area contributed by atoms with Gasteiger partial charge in [0.2, 0.25) is 0 Å². The quantitative estimate of drug-likeness (QED) is 0.784. The van der Waals surface area contributed by atoms with Crippen LogP contribution in [0.15, 0.2) is 53.3 Å². The van der Waals surface area contributed by atoms with Gasteiger partial charge in [0.1, 0.15) is 5.82 Å². The molecule has 0 aliphatic heterocycles. The number of hydrogen-bond donors (Lipinski definition) is 1. The number of hydrogen-bond acceptors (Lipinski definition) is 2. The van der Waals surface area contributed by atoms with E-state index < -0.39 is 0 Å². The van der Waals surface area contributed by atoms with Crippen LogP contribution in [0.2, 0.25) is 0 Å². The van der Waals surface area contributed by atoms with Crippen LogP contribution in [0.1, 0.15) is 5.56 Å². The molecular weight excluding hydrogens is 333 g/mol.